The summed E-state index contributed by atoms with van der Waals surface area (Å²) in [5.74, 6) is 0.0408. The maximum Gasteiger partial charge on any atom is 0.193 e. The van der Waals surface area contributed by atoms with Gasteiger partial charge in [-0.25, -0.2) is 9.97 Å². The Balaban J connectivity index is 3.13. The van der Waals surface area contributed by atoms with Gasteiger partial charge in [0.2, 0.25) is 0 Å². The van der Waals surface area contributed by atoms with Crippen LogP contribution in [0, 0.1) is 11.3 Å². The van der Waals surface area contributed by atoms with Gasteiger partial charge in [0.05, 0.1) is 0 Å². The minimum atomic E-state index is 0.0408. The second-order valence-electron chi connectivity index (χ2n) is 1.53. The van der Waals surface area contributed by atoms with E-state index in [1.54, 1.807) is 6.07 Å². The molecule has 0 aliphatic carbocycles. The summed E-state index contributed by atoms with van der Waals surface area (Å²) in [6, 6.07) is 3.23. The molecule has 0 saturated heterocycles. The fourth-order valence-electron chi connectivity index (χ4n) is 0.493. The molecule has 0 N–H and O–H groups in total. The number of rotatable bonds is 1. The Morgan fingerprint density at radius 1 is 1.70 bits per heavy atom. The maximum absolute atomic E-state index is 10.0. The van der Waals surface area contributed by atoms with Crippen molar-refractivity contribution in [2.45, 2.75) is 0 Å². The summed E-state index contributed by atoms with van der Waals surface area (Å²) in [6.45, 7) is 0. The van der Waals surface area contributed by atoms with Crippen molar-refractivity contribution in [1.82, 2.24) is 9.97 Å². The molecular weight excluding hydrogens is 130 g/mol. The van der Waals surface area contributed by atoms with Crippen molar-refractivity contribution in [3.05, 3.63) is 23.8 Å². The van der Waals surface area contributed by atoms with Gasteiger partial charge in [0.15, 0.2) is 12.1 Å². The molecule has 48 valence electrons. The molecule has 0 saturated carbocycles. The van der Waals surface area contributed by atoms with Crippen LogP contribution in [0.5, 0.6) is 0 Å². The van der Waals surface area contributed by atoms with E-state index in [1.165, 1.54) is 12.3 Å². The van der Waals surface area contributed by atoms with Crippen LogP contribution in [0.3, 0.4) is 0 Å². The van der Waals surface area contributed by atoms with Crippen LogP contribution in [-0.2, 0) is 0 Å². The fraction of sp³-hybridized carbons (Fsp3) is 0. The normalized spacial score (nSPS) is 8.30. The average Bonchev–Trinajstić information content (AvgIpc) is 2.05. The summed E-state index contributed by atoms with van der Waals surface area (Å²) in [5, 5.41) is 8.30. The largest absolute Gasteiger partial charge is 0.294 e. The highest BCUT2D eigenvalue weighted by molar-refractivity contribution is 5.68. The Bertz CT molecular complexity index is 289. The summed E-state index contributed by atoms with van der Waals surface area (Å²) in [4.78, 5) is 17.2. The van der Waals surface area contributed by atoms with Crippen LogP contribution in [0.2, 0.25) is 0 Å². The molecule has 1 aromatic heterocycles. The molecule has 1 aromatic rings. The number of aromatic nitrogens is 2. The van der Waals surface area contributed by atoms with Gasteiger partial charge in [-0.3, -0.25) is 4.79 Å². The minimum absolute atomic E-state index is 0.0408. The monoisotopic (exact) mass is 133 g/mol. The zero-order chi connectivity index (χ0) is 7.40. The highest BCUT2D eigenvalue weighted by Crippen LogP contribution is 1.89. The fourth-order valence-corrected chi connectivity index (χ4v) is 0.493. The van der Waals surface area contributed by atoms with Crippen LogP contribution < -0.4 is 0 Å². The zero-order valence-corrected chi connectivity index (χ0v) is 4.98. The van der Waals surface area contributed by atoms with E-state index >= 15 is 0 Å². The third kappa shape index (κ3) is 1.14. The predicted molar refractivity (Wildman–Crippen MR) is 32.1 cm³/mol. The highest BCUT2D eigenvalue weighted by Gasteiger charge is 1.93. The van der Waals surface area contributed by atoms with Crippen molar-refractivity contribution in [2.75, 3.05) is 0 Å². The molecule has 0 aromatic carbocycles. The van der Waals surface area contributed by atoms with Crippen molar-refractivity contribution in [3.8, 4) is 6.07 Å². The average molecular weight is 133 g/mol. The van der Waals surface area contributed by atoms with E-state index < -0.39 is 0 Å². The van der Waals surface area contributed by atoms with Gasteiger partial charge in [0.1, 0.15) is 11.8 Å². The Labute approximate surface area is 57.2 Å². The van der Waals surface area contributed by atoms with E-state index in [-0.39, 0.29) is 11.5 Å². The lowest BCUT2D eigenvalue weighted by molar-refractivity contribution is 0.111. The third-order valence-corrected chi connectivity index (χ3v) is 0.894. The lowest BCUT2D eigenvalue weighted by Crippen LogP contribution is -1.92. The third-order valence-electron chi connectivity index (χ3n) is 0.894. The van der Waals surface area contributed by atoms with E-state index in [0.29, 0.717) is 6.29 Å². The van der Waals surface area contributed by atoms with E-state index in [9.17, 15) is 4.79 Å². The topological polar surface area (TPSA) is 66.6 Å². The molecule has 0 unspecified atom stereocenters. The summed E-state index contributed by atoms with van der Waals surface area (Å²) in [5.41, 5.74) is 0.206. The minimum Gasteiger partial charge on any atom is -0.294 e. The lowest BCUT2D eigenvalue weighted by Gasteiger charge is -1.86. The van der Waals surface area contributed by atoms with Crippen molar-refractivity contribution < 1.29 is 4.79 Å². The van der Waals surface area contributed by atoms with Gasteiger partial charge < -0.3 is 0 Å². The van der Waals surface area contributed by atoms with Crippen LogP contribution in [-0.4, -0.2) is 16.3 Å². The predicted octanol–water partition coefficient (Wildman–Crippen LogP) is 0.161. The second-order valence-corrected chi connectivity index (χ2v) is 1.53. The first kappa shape index (κ1) is 6.36. The molecule has 0 aliphatic heterocycles. The first-order valence-corrected chi connectivity index (χ1v) is 2.55. The first-order valence-electron chi connectivity index (χ1n) is 2.55. The lowest BCUT2D eigenvalue weighted by atomic mass is 10.4. The summed E-state index contributed by atoms with van der Waals surface area (Å²) >= 11 is 0. The standard InChI is InChI=1S/C6H3N3O/c7-3-5-1-2-8-6(4-10)9-5/h1-2,4H. The quantitative estimate of drug-likeness (QED) is 0.512. The number of nitrogens with zero attached hydrogens (tertiary/aromatic N) is 3. The highest BCUT2D eigenvalue weighted by atomic mass is 16.1. The van der Waals surface area contributed by atoms with Gasteiger partial charge in [-0.2, -0.15) is 5.26 Å². The second kappa shape index (κ2) is 2.69. The Hall–Kier alpha value is -1.76. The Kier molecular flexibility index (Phi) is 1.71. The van der Waals surface area contributed by atoms with Gasteiger partial charge in [0, 0.05) is 6.20 Å². The molecular formula is C6H3N3O. The molecule has 1 heterocycles. The van der Waals surface area contributed by atoms with E-state index in [0.717, 1.165) is 0 Å². The molecule has 4 nitrogen and oxygen atoms in total. The molecule has 0 radical (unpaired) electrons. The summed E-state index contributed by atoms with van der Waals surface area (Å²) in [6.07, 6.45) is 1.87. The van der Waals surface area contributed by atoms with Crippen LogP contribution in [0.1, 0.15) is 16.3 Å². The Morgan fingerprint density at radius 2 is 2.50 bits per heavy atom. The van der Waals surface area contributed by atoms with Crippen LogP contribution in [0.25, 0.3) is 0 Å². The van der Waals surface area contributed by atoms with E-state index in [1.807, 2.05) is 0 Å². The van der Waals surface area contributed by atoms with Crippen molar-refractivity contribution >= 4 is 6.29 Å². The van der Waals surface area contributed by atoms with Crippen molar-refractivity contribution in [2.24, 2.45) is 0 Å². The zero-order valence-electron chi connectivity index (χ0n) is 4.98. The van der Waals surface area contributed by atoms with Gasteiger partial charge in [-0.05, 0) is 6.07 Å². The smallest absolute Gasteiger partial charge is 0.193 e. The van der Waals surface area contributed by atoms with Crippen LogP contribution >= 0.6 is 0 Å². The van der Waals surface area contributed by atoms with E-state index in [2.05, 4.69) is 9.97 Å². The van der Waals surface area contributed by atoms with E-state index in [4.69, 9.17) is 5.26 Å². The SMILES string of the molecule is N#Cc1ccnc(C=O)n1. The molecule has 0 aliphatic rings. The molecule has 10 heavy (non-hydrogen) atoms. The van der Waals surface area contributed by atoms with Crippen LogP contribution in [0.15, 0.2) is 12.3 Å². The van der Waals surface area contributed by atoms with Gasteiger partial charge in [-0.15, -0.1) is 0 Å². The van der Waals surface area contributed by atoms with Crippen molar-refractivity contribution in [1.29, 1.82) is 5.26 Å². The molecule has 0 fully saturated rings. The maximum atomic E-state index is 10.0. The summed E-state index contributed by atoms with van der Waals surface area (Å²) < 4.78 is 0. The van der Waals surface area contributed by atoms with Crippen molar-refractivity contribution in [3.63, 3.8) is 0 Å². The molecule has 0 spiro atoms. The number of nitriles is 1. The first-order chi connectivity index (χ1) is 4.86. The molecule has 0 atom stereocenters. The Morgan fingerprint density at radius 3 is 3.10 bits per heavy atom. The number of carbonyl (C=O) groups excluding carboxylic acids is 1. The molecule has 0 bridgehead atoms. The van der Waals surface area contributed by atoms with Gasteiger partial charge >= 0.3 is 0 Å². The number of hydrogen-bond donors (Lipinski definition) is 0. The number of carbonyl (C=O) groups is 1. The molecule has 4 heteroatoms. The molecule has 1 rings (SSSR count). The number of hydrogen-bond acceptors (Lipinski definition) is 4. The molecule has 0 amide bonds. The summed E-state index contributed by atoms with van der Waals surface area (Å²) in [7, 11) is 0. The van der Waals surface area contributed by atoms with Crippen LogP contribution in [0.4, 0.5) is 0 Å². The van der Waals surface area contributed by atoms with Gasteiger partial charge in [-0.1, -0.05) is 0 Å². The van der Waals surface area contributed by atoms with Gasteiger partial charge in [0.25, 0.3) is 0 Å². The number of aldehydes is 1.